The second kappa shape index (κ2) is 9.20. The molecule has 2 aromatic rings. The van der Waals surface area contributed by atoms with Gasteiger partial charge in [0.25, 0.3) is 0 Å². The maximum Gasteiger partial charge on any atom is 0.238 e. The first-order valence-corrected chi connectivity index (χ1v) is 9.59. The van der Waals surface area contributed by atoms with Crippen LogP contribution in [0.1, 0.15) is 69.2 Å². The van der Waals surface area contributed by atoms with Gasteiger partial charge < -0.3 is 10.6 Å². The molecule has 0 radical (unpaired) electrons. The van der Waals surface area contributed by atoms with Crippen molar-refractivity contribution < 1.29 is 4.79 Å². The first-order valence-electron chi connectivity index (χ1n) is 9.21. The van der Waals surface area contributed by atoms with E-state index in [2.05, 4.69) is 56.5 Å². The molecule has 0 aromatic heterocycles. The predicted molar refractivity (Wildman–Crippen MR) is 111 cm³/mol. The SMILES string of the molecule is CC(C)c1cccc(C(C)C)c1NC(=O)CN[C@H](C)c1ccccc1Cl. The average Bonchev–Trinajstić information content (AvgIpc) is 2.59. The van der Waals surface area contributed by atoms with Crippen molar-refractivity contribution in [1.82, 2.24) is 5.32 Å². The third kappa shape index (κ3) is 5.09. The molecule has 0 saturated heterocycles. The molecule has 0 heterocycles. The van der Waals surface area contributed by atoms with E-state index < -0.39 is 0 Å². The van der Waals surface area contributed by atoms with Crippen LogP contribution in [0.2, 0.25) is 5.02 Å². The van der Waals surface area contributed by atoms with E-state index >= 15 is 0 Å². The number of carbonyl (C=O) groups excluding carboxylic acids is 1. The number of anilines is 1. The molecular weight excluding hydrogens is 344 g/mol. The number of hydrogen-bond acceptors (Lipinski definition) is 2. The molecule has 4 heteroatoms. The fourth-order valence-corrected chi connectivity index (χ4v) is 3.36. The third-order valence-corrected chi connectivity index (χ3v) is 4.92. The van der Waals surface area contributed by atoms with Crippen molar-refractivity contribution >= 4 is 23.2 Å². The minimum atomic E-state index is -0.0427. The molecule has 0 fully saturated rings. The Balaban J connectivity index is 2.09. The van der Waals surface area contributed by atoms with Crippen LogP contribution in [-0.4, -0.2) is 12.5 Å². The molecule has 0 aliphatic heterocycles. The van der Waals surface area contributed by atoms with Crippen LogP contribution < -0.4 is 10.6 Å². The van der Waals surface area contributed by atoms with E-state index in [1.54, 1.807) is 0 Å². The summed E-state index contributed by atoms with van der Waals surface area (Å²) in [5.41, 5.74) is 4.29. The maximum absolute atomic E-state index is 12.6. The molecule has 1 amide bonds. The van der Waals surface area contributed by atoms with Crippen molar-refractivity contribution in [3.05, 3.63) is 64.2 Å². The van der Waals surface area contributed by atoms with Crippen LogP contribution in [0.15, 0.2) is 42.5 Å². The van der Waals surface area contributed by atoms with Gasteiger partial charge in [0.2, 0.25) is 5.91 Å². The number of amides is 1. The molecular formula is C22H29ClN2O. The van der Waals surface area contributed by atoms with Crippen LogP contribution >= 0.6 is 11.6 Å². The Morgan fingerprint density at radius 1 is 0.885 bits per heavy atom. The lowest BCUT2D eigenvalue weighted by Gasteiger charge is -2.21. The van der Waals surface area contributed by atoms with Gasteiger partial charge in [-0.25, -0.2) is 0 Å². The van der Waals surface area contributed by atoms with Gasteiger partial charge in [0.15, 0.2) is 0 Å². The molecule has 140 valence electrons. The van der Waals surface area contributed by atoms with E-state index in [0.717, 1.165) is 11.3 Å². The van der Waals surface area contributed by atoms with E-state index in [4.69, 9.17) is 11.6 Å². The number of benzene rings is 2. The van der Waals surface area contributed by atoms with E-state index in [1.807, 2.05) is 31.2 Å². The monoisotopic (exact) mass is 372 g/mol. The molecule has 2 aromatic carbocycles. The van der Waals surface area contributed by atoms with Gasteiger partial charge in [-0.1, -0.05) is 75.7 Å². The molecule has 0 aliphatic rings. The Morgan fingerprint density at radius 3 is 1.96 bits per heavy atom. The number of hydrogen-bond donors (Lipinski definition) is 2. The van der Waals surface area contributed by atoms with Gasteiger partial charge >= 0.3 is 0 Å². The zero-order valence-electron chi connectivity index (χ0n) is 16.3. The molecule has 0 saturated carbocycles. The molecule has 0 bridgehead atoms. The van der Waals surface area contributed by atoms with E-state index in [0.29, 0.717) is 16.9 Å². The topological polar surface area (TPSA) is 41.1 Å². The first kappa shape index (κ1) is 20.5. The Bertz CT molecular complexity index is 729. The highest BCUT2D eigenvalue weighted by molar-refractivity contribution is 6.31. The molecule has 26 heavy (non-hydrogen) atoms. The van der Waals surface area contributed by atoms with Crippen molar-refractivity contribution in [1.29, 1.82) is 0 Å². The second-order valence-electron chi connectivity index (χ2n) is 7.29. The largest absolute Gasteiger partial charge is 0.324 e. The fraction of sp³-hybridized carbons (Fsp3) is 0.409. The number of nitrogens with one attached hydrogen (secondary N) is 2. The summed E-state index contributed by atoms with van der Waals surface area (Å²) >= 11 is 6.23. The lowest BCUT2D eigenvalue weighted by Crippen LogP contribution is -2.31. The highest BCUT2D eigenvalue weighted by atomic mass is 35.5. The zero-order valence-corrected chi connectivity index (χ0v) is 17.0. The molecule has 0 spiro atoms. The Labute approximate surface area is 162 Å². The van der Waals surface area contributed by atoms with Gasteiger partial charge in [-0.05, 0) is 41.5 Å². The fourth-order valence-electron chi connectivity index (χ4n) is 3.06. The smallest absolute Gasteiger partial charge is 0.238 e. The molecule has 0 aliphatic carbocycles. The average molecular weight is 373 g/mol. The quantitative estimate of drug-likeness (QED) is 0.637. The van der Waals surface area contributed by atoms with E-state index in [1.165, 1.54) is 11.1 Å². The number of para-hydroxylation sites is 1. The van der Waals surface area contributed by atoms with Crippen LogP contribution in [0.25, 0.3) is 0 Å². The minimum Gasteiger partial charge on any atom is -0.324 e. The Kier molecular flexibility index (Phi) is 7.24. The summed E-state index contributed by atoms with van der Waals surface area (Å²) < 4.78 is 0. The van der Waals surface area contributed by atoms with Crippen molar-refractivity contribution in [2.75, 3.05) is 11.9 Å². The number of carbonyl (C=O) groups is 1. The zero-order chi connectivity index (χ0) is 19.3. The van der Waals surface area contributed by atoms with Gasteiger partial charge in [0.05, 0.1) is 6.54 Å². The molecule has 0 unspecified atom stereocenters. The van der Waals surface area contributed by atoms with Gasteiger partial charge in [0.1, 0.15) is 0 Å². The maximum atomic E-state index is 12.6. The van der Waals surface area contributed by atoms with E-state index in [9.17, 15) is 4.79 Å². The minimum absolute atomic E-state index is 0.000591. The lowest BCUT2D eigenvalue weighted by atomic mass is 9.92. The third-order valence-electron chi connectivity index (χ3n) is 4.58. The normalized spacial score (nSPS) is 12.5. The summed E-state index contributed by atoms with van der Waals surface area (Å²) in [4.78, 5) is 12.6. The lowest BCUT2D eigenvalue weighted by molar-refractivity contribution is -0.115. The van der Waals surface area contributed by atoms with Gasteiger partial charge in [-0.15, -0.1) is 0 Å². The van der Waals surface area contributed by atoms with Gasteiger partial charge in [-0.3, -0.25) is 4.79 Å². The van der Waals surface area contributed by atoms with Crippen LogP contribution in [0, 0.1) is 0 Å². The van der Waals surface area contributed by atoms with Crippen LogP contribution in [0.3, 0.4) is 0 Å². The van der Waals surface area contributed by atoms with Crippen molar-refractivity contribution in [2.45, 2.75) is 52.5 Å². The summed E-state index contributed by atoms with van der Waals surface area (Å²) in [6.45, 7) is 10.8. The summed E-state index contributed by atoms with van der Waals surface area (Å²) in [5, 5.41) is 7.10. The summed E-state index contributed by atoms with van der Waals surface area (Å²) in [6.07, 6.45) is 0. The second-order valence-corrected chi connectivity index (χ2v) is 7.70. The number of rotatable bonds is 7. The van der Waals surface area contributed by atoms with Gasteiger partial charge in [0, 0.05) is 16.8 Å². The predicted octanol–water partition coefficient (Wildman–Crippen LogP) is 5.88. The van der Waals surface area contributed by atoms with E-state index in [-0.39, 0.29) is 18.5 Å². The Hall–Kier alpha value is -1.84. The first-order chi connectivity index (χ1) is 12.3. The number of halogens is 1. The van der Waals surface area contributed by atoms with Crippen molar-refractivity contribution in [3.8, 4) is 0 Å². The Morgan fingerprint density at radius 2 is 1.42 bits per heavy atom. The molecule has 2 rings (SSSR count). The van der Waals surface area contributed by atoms with Crippen molar-refractivity contribution in [3.63, 3.8) is 0 Å². The summed E-state index contributed by atoms with van der Waals surface area (Å²) in [7, 11) is 0. The standard InChI is InChI=1S/C22H29ClN2O/c1-14(2)17-10-8-11-18(15(3)4)22(17)25-21(26)13-24-16(5)19-9-6-7-12-20(19)23/h6-12,14-16,24H,13H2,1-5H3,(H,25,26)/t16-/m1/s1. The molecule has 1 atom stereocenters. The summed E-state index contributed by atoms with van der Waals surface area (Å²) in [5.74, 6) is 0.650. The van der Waals surface area contributed by atoms with Crippen LogP contribution in [-0.2, 0) is 4.79 Å². The summed E-state index contributed by atoms with van der Waals surface area (Å²) in [6, 6.07) is 13.9. The van der Waals surface area contributed by atoms with Crippen LogP contribution in [0.5, 0.6) is 0 Å². The highest BCUT2D eigenvalue weighted by Crippen LogP contribution is 2.32. The van der Waals surface area contributed by atoms with Crippen LogP contribution in [0.4, 0.5) is 5.69 Å². The highest BCUT2D eigenvalue weighted by Gasteiger charge is 2.16. The van der Waals surface area contributed by atoms with Crippen molar-refractivity contribution in [2.24, 2.45) is 0 Å². The molecule has 3 nitrogen and oxygen atoms in total. The van der Waals surface area contributed by atoms with Gasteiger partial charge in [-0.2, -0.15) is 0 Å². The molecule has 2 N–H and O–H groups in total.